The van der Waals surface area contributed by atoms with E-state index in [9.17, 15) is 9.59 Å². The topological polar surface area (TPSA) is 62.4 Å². The molecule has 1 aliphatic heterocycles. The molecule has 1 amide bonds. The summed E-state index contributed by atoms with van der Waals surface area (Å²) in [7, 11) is 0. The number of ether oxygens (including phenoxy) is 1. The fourth-order valence-electron chi connectivity index (χ4n) is 3.40. The van der Waals surface area contributed by atoms with E-state index in [0.29, 0.717) is 18.8 Å². The summed E-state index contributed by atoms with van der Waals surface area (Å²) in [5.41, 5.74) is 3.65. The molecule has 0 bridgehead atoms. The van der Waals surface area contributed by atoms with Gasteiger partial charge in [-0.1, -0.05) is 42.5 Å². The summed E-state index contributed by atoms with van der Waals surface area (Å²) in [6.45, 7) is 2.83. The molecule has 4 rings (SSSR count). The van der Waals surface area contributed by atoms with Crippen molar-refractivity contribution in [1.29, 1.82) is 0 Å². The third-order valence-electron chi connectivity index (χ3n) is 4.82. The predicted molar refractivity (Wildman–Crippen MR) is 98.7 cm³/mol. The molecule has 1 aromatic heterocycles. The van der Waals surface area contributed by atoms with Crippen LogP contribution in [0.15, 0.2) is 54.6 Å². The maximum atomic E-state index is 12.7. The van der Waals surface area contributed by atoms with Crippen molar-refractivity contribution in [2.24, 2.45) is 0 Å². The normalized spacial score (nSPS) is 14.7. The Morgan fingerprint density at radius 3 is 2.62 bits per heavy atom. The highest BCUT2D eigenvalue weighted by molar-refractivity contribution is 5.96. The number of esters is 1. The quantitative estimate of drug-likeness (QED) is 0.739. The van der Waals surface area contributed by atoms with Crippen molar-refractivity contribution >= 4 is 22.8 Å². The molecule has 2 aromatic carbocycles. The van der Waals surface area contributed by atoms with E-state index in [1.807, 2.05) is 42.5 Å². The largest absolute Gasteiger partial charge is 0.448 e. The first-order chi connectivity index (χ1) is 12.6. The van der Waals surface area contributed by atoms with Gasteiger partial charge in [0.25, 0.3) is 5.91 Å². The molecular formula is C21H20N2O3. The van der Waals surface area contributed by atoms with Gasteiger partial charge < -0.3 is 14.6 Å². The number of aromatic nitrogens is 1. The Bertz CT molecular complexity index is 943. The van der Waals surface area contributed by atoms with Gasteiger partial charge in [0.2, 0.25) is 0 Å². The average Bonchev–Trinajstić information content (AvgIpc) is 3.11. The van der Waals surface area contributed by atoms with E-state index in [4.69, 9.17) is 4.74 Å². The smallest absolute Gasteiger partial charge is 0.355 e. The lowest BCUT2D eigenvalue weighted by molar-refractivity contribution is -0.140. The highest BCUT2D eigenvalue weighted by Crippen LogP contribution is 2.20. The Kier molecular flexibility index (Phi) is 4.21. The molecular weight excluding hydrogens is 328 g/mol. The molecule has 5 heteroatoms. The molecule has 2 heterocycles. The van der Waals surface area contributed by atoms with Gasteiger partial charge in [0, 0.05) is 24.0 Å². The van der Waals surface area contributed by atoms with Crippen LogP contribution < -0.4 is 0 Å². The number of H-pyrrole nitrogens is 1. The lowest BCUT2D eigenvalue weighted by Gasteiger charge is -2.30. The second-order valence-electron chi connectivity index (χ2n) is 6.60. The molecule has 5 nitrogen and oxygen atoms in total. The first kappa shape index (κ1) is 16.4. The molecule has 1 atom stereocenters. The Labute approximate surface area is 151 Å². The standard InChI is InChI=1S/C21H20N2O3/c1-14(20(24)23-11-10-15-6-2-3-8-17(15)13-23)26-21(25)19-12-16-7-4-5-9-18(16)22-19/h2-9,12,14,22H,10-11,13H2,1H3. The fraction of sp³-hybridized carbons (Fsp3) is 0.238. The molecule has 0 aliphatic carbocycles. The van der Waals surface area contributed by atoms with Gasteiger partial charge in [0.05, 0.1) is 0 Å². The third-order valence-corrected chi connectivity index (χ3v) is 4.82. The third kappa shape index (κ3) is 3.08. The van der Waals surface area contributed by atoms with Crippen molar-refractivity contribution in [1.82, 2.24) is 9.88 Å². The van der Waals surface area contributed by atoms with Gasteiger partial charge in [-0.25, -0.2) is 4.79 Å². The van der Waals surface area contributed by atoms with E-state index in [2.05, 4.69) is 11.1 Å². The number of amides is 1. The number of rotatable bonds is 3. The van der Waals surface area contributed by atoms with Crippen LogP contribution in [-0.2, 0) is 22.5 Å². The van der Waals surface area contributed by atoms with Crippen molar-refractivity contribution in [3.05, 3.63) is 71.4 Å². The lowest BCUT2D eigenvalue weighted by Crippen LogP contribution is -2.42. The van der Waals surface area contributed by atoms with Crippen molar-refractivity contribution in [2.45, 2.75) is 26.0 Å². The van der Waals surface area contributed by atoms with Crippen molar-refractivity contribution < 1.29 is 14.3 Å². The van der Waals surface area contributed by atoms with Crippen molar-refractivity contribution in [3.8, 4) is 0 Å². The predicted octanol–water partition coefficient (Wildman–Crippen LogP) is 3.30. The van der Waals surface area contributed by atoms with Gasteiger partial charge in [-0.05, 0) is 36.6 Å². The van der Waals surface area contributed by atoms with Crippen LogP contribution in [0.2, 0.25) is 0 Å². The zero-order valence-corrected chi connectivity index (χ0v) is 14.6. The molecule has 132 valence electrons. The van der Waals surface area contributed by atoms with E-state index in [-0.39, 0.29) is 5.91 Å². The summed E-state index contributed by atoms with van der Waals surface area (Å²) in [5, 5.41) is 0.936. The zero-order valence-electron chi connectivity index (χ0n) is 14.6. The molecule has 0 radical (unpaired) electrons. The summed E-state index contributed by atoms with van der Waals surface area (Å²) < 4.78 is 5.41. The van der Waals surface area contributed by atoms with Crippen LogP contribution in [0, 0.1) is 0 Å². The van der Waals surface area contributed by atoms with E-state index in [1.165, 1.54) is 5.56 Å². The van der Waals surface area contributed by atoms with Crippen LogP contribution in [0.1, 0.15) is 28.5 Å². The Balaban J connectivity index is 1.43. The maximum absolute atomic E-state index is 12.7. The Morgan fingerprint density at radius 1 is 1.08 bits per heavy atom. The van der Waals surface area contributed by atoms with Crippen LogP contribution in [0.3, 0.4) is 0 Å². The minimum Gasteiger partial charge on any atom is -0.448 e. The molecule has 1 aliphatic rings. The lowest BCUT2D eigenvalue weighted by atomic mass is 9.99. The molecule has 3 aromatic rings. The number of nitrogens with one attached hydrogen (secondary N) is 1. The molecule has 0 saturated heterocycles. The van der Waals surface area contributed by atoms with Crippen LogP contribution >= 0.6 is 0 Å². The number of fused-ring (bicyclic) bond motifs is 2. The molecule has 1 unspecified atom stereocenters. The average molecular weight is 348 g/mol. The number of hydrogen-bond donors (Lipinski definition) is 1. The van der Waals surface area contributed by atoms with E-state index in [1.54, 1.807) is 17.9 Å². The van der Waals surface area contributed by atoms with Gasteiger partial charge in [0.1, 0.15) is 5.69 Å². The first-order valence-electron chi connectivity index (χ1n) is 8.76. The van der Waals surface area contributed by atoms with Crippen LogP contribution in [0.25, 0.3) is 10.9 Å². The second-order valence-corrected chi connectivity index (χ2v) is 6.60. The zero-order chi connectivity index (χ0) is 18.1. The van der Waals surface area contributed by atoms with Gasteiger partial charge in [-0.2, -0.15) is 0 Å². The molecule has 0 saturated carbocycles. The highest BCUT2D eigenvalue weighted by atomic mass is 16.5. The number of carbonyl (C=O) groups excluding carboxylic acids is 2. The van der Waals surface area contributed by atoms with Crippen LogP contribution in [-0.4, -0.2) is 34.4 Å². The number of para-hydroxylation sites is 1. The summed E-state index contributed by atoms with van der Waals surface area (Å²) in [5.74, 6) is -0.677. The number of aromatic amines is 1. The van der Waals surface area contributed by atoms with Crippen LogP contribution in [0.4, 0.5) is 0 Å². The summed E-state index contributed by atoms with van der Waals surface area (Å²) in [6.07, 6.45) is 0.00380. The van der Waals surface area contributed by atoms with Crippen molar-refractivity contribution in [3.63, 3.8) is 0 Å². The minimum absolute atomic E-state index is 0.163. The minimum atomic E-state index is -0.820. The number of hydrogen-bond acceptors (Lipinski definition) is 3. The highest BCUT2D eigenvalue weighted by Gasteiger charge is 2.27. The fourth-order valence-corrected chi connectivity index (χ4v) is 3.40. The van der Waals surface area contributed by atoms with E-state index < -0.39 is 12.1 Å². The SMILES string of the molecule is CC(OC(=O)c1cc2ccccc2[nH]1)C(=O)N1CCc2ccccc2C1. The number of nitrogens with zero attached hydrogens (tertiary/aromatic N) is 1. The van der Waals surface area contributed by atoms with Crippen LogP contribution in [0.5, 0.6) is 0 Å². The molecule has 26 heavy (non-hydrogen) atoms. The molecule has 1 N–H and O–H groups in total. The second kappa shape index (κ2) is 6.67. The van der Waals surface area contributed by atoms with Gasteiger partial charge in [-0.3, -0.25) is 4.79 Å². The number of benzene rings is 2. The molecule has 0 spiro atoms. The number of carbonyl (C=O) groups is 2. The van der Waals surface area contributed by atoms with Gasteiger partial charge in [-0.15, -0.1) is 0 Å². The first-order valence-corrected chi connectivity index (χ1v) is 8.76. The van der Waals surface area contributed by atoms with E-state index in [0.717, 1.165) is 22.9 Å². The summed E-state index contributed by atoms with van der Waals surface area (Å²) in [4.78, 5) is 29.9. The molecule has 0 fully saturated rings. The Hall–Kier alpha value is -3.08. The van der Waals surface area contributed by atoms with E-state index >= 15 is 0 Å². The van der Waals surface area contributed by atoms with Gasteiger partial charge in [0.15, 0.2) is 6.10 Å². The van der Waals surface area contributed by atoms with Crippen molar-refractivity contribution in [2.75, 3.05) is 6.54 Å². The monoisotopic (exact) mass is 348 g/mol. The maximum Gasteiger partial charge on any atom is 0.355 e. The van der Waals surface area contributed by atoms with Gasteiger partial charge >= 0.3 is 5.97 Å². The summed E-state index contributed by atoms with van der Waals surface area (Å²) in [6, 6.07) is 17.5. The summed E-state index contributed by atoms with van der Waals surface area (Å²) >= 11 is 0. The Morgan fingerprint density at radius 2 is 1.81 bits per heavy atom.